The Morgan fingerprint density at radius 3 is 1.86 bits per heavy atom. The van der Waals surface area contributed by atoms with Crippen molar-refractivity contribution in [2.45, 2.75) is 103 Å². The van der Waals surface area contributed by atoms with E-state index >= 15 is 0 Å². The molecule has 0 radical (unpaired) electrons. The molecule has 2 N–H and O–H groups in total. The number of hydrogen-bond acceptors (Lipinski definition) is 8. The Morgan fingerprint density at radius 2 is 1.34 bits per heavy atom. The maximum Gasteiger partial charge on any atom is 0.305 e. The zero-order valence-corrected chi connectivity index (χ0v) is 18.9. The molecule has 0 amide bonds. The minimum absolute atomic E-state index is 0.280. The van der Waals surface area contributed by atoms with Gasteiger partial charge in [0.2, 0.25) is 0 Å². The first-order chi connectivity index (χ1) is 13.8. The minimum Gasteiger partial charge on any atom is -0.756 e. The van der Waals surface area contributed by atoms with Crippen molar-refractivity contribution in [2.75, 3.05) is 19.8 Å². The number of ether oxygens (including phenoxy) is 1. The second kappa shape index (κ2) is 18.3. The molecule has 0 aliphatic heterocycles. The lowest BCUT2D eigenvalue weighted by molar-refractivity contribution is -0.229. The predicted molar refractivity (Wildman–Crippen MR) is 109 cm³/mol. The fourth-order valence-corrected chi connectivity index (χ4v) is 3.48. The van der Waals surface area contributed by atoms with E-state index in [-0.39, 0.29) is 13.0 Å². The molecule has 0 aliphatic carbocycles. The Balaban J connectivity index is 3.56. The third-order valence-electron chi connectivity index (χ3n) is 4.32. The number of aliphatic hydroxyl groups is 2. The van der Waals surface area contributed by atoms with Gasteiger partial charge in [-0.1, -0.05) is 71.1 Å². The number of rotatable bonds is 20. The number of aliphatic hydroxyl groups excluding tert-OH is 2. The van der Waals surface area contributed by atoms with Crippen LogP contribution in [0.4, 0.5) is 0 Å². The maximum absolute atomic E-state index is 11.6. The van der Waals surface area contributed by atoms with Gasteiger partial charge in [-0.05, 0) is 13.3 Å². The molecule has 0 aromatic carbocycles. The molecule has 0 aliphatic rings. The van der Waals surface area contributed by atoms with Crippen LogP contribution in [0, 0.1) is 0 Å². The summed E-state index contributed by atoms with van der Waals surface area (Å²) in [6.45, 7) is 2.24. The van der Waals surface area contributed by atoms with E-state index in [4.69, 9.17) is 9.84 Å². The van der Waals surface area contributed by atoms with Gasteiger partial charge in [-0.2, -0.15) is 0 Å². The highest BCUT2D eigenvalue weighted by molar-refractivity contribution is 7.45. The first kappa shape index (κ1) is 28.5. The number of phosphoric ester groups is 1. The Kier molecular flexibility index (Phi) is 18.0. The van der Waals surface area contributed by atoms with Gasteiger partial charge >= 0.3 is 5.97 Å². The molecule has 0 fully saturated rings. The number of unbranched alkanes of at least 4 members (excludes halogenated alkanes) is 10. The Morgan fingerprint density at radius 1 is 0.862 bits per heavy atom. The molecule has 9 heteroatoms. The summed E-state index contributed by atoms with van der Waals surface area (Å²) in [5, 5.41) is 18.6. The van der Waals surface area contributed by atoms with E-state index in [0.717, 1.165) is 19.3 Å². The molecular weight excluding hydrogens is 399 g/mol. The summed E-state index contributed by atoms with van der Waals surface area (Å²) in [6, 6.07) is 0. The Bertz CT molecular complexity index is 444. The van der Waals surface area contributed by atoms with E-state index in [9.17, 15) is 19.4 Å². The van der Waals surface area contributed by atoms with Crippen LogP contribution in [-0.4, -0.2) is 48.2 Å². The van der Waals surface area contributed by atoms with Crippen LogP contribution >= 0.6 is 7.82 Å². The van der Waals surface area contributed by atoms with Gasteiger partial charge in [0, 0.05) is 6.42 Å². The van der Waals surface area contributed by atoms with Crippen molar-refractivity contribution in [3.63, 3.8) is 0 Å². The molecule has 0 aromatic heterocycles. The molecule has 3 atom stereocenters. The topological polar surface area (TPSA) is 125 Å². The molecule has 0 saturated heterocycles. The van der Waals surface area contributed by atoms with Crippen molar-refractivity contribution in [2.24, 2.45) is 0 Å². The smallest absolute Gasteiger partial charge is 0.305 e. The highest BCUT2D eigenvalue weighted by atomic mass is 31.2. The zero-order valence-electron chi connectivity index (χ0n) is 18.1. The first-order valence-corrected chi connectivity index (χ1v) is 12.3. The van der Waals surface area contributed by atoms with Crippen molar-refractivity contribution < 1.29 is 38.3 Å². The van der Waals surface area contributed by atoms with Gasteiger partial charge in [0.25, 0.3) is 7.82 Å². The molecule has 0 rings (SSSR count). The number of hydrogen-bond donors (Lipinski definition) is 2. The SMILES string of the molecule is CCCCCCCCCCCCCC(=O)OC[C@@H](O)COP(=O)([O-])OCC(C)O. The summed E-state index contributed by atoms with van der Waals surface area (Å²) < 4.78 is 25.1. The first-order valence-electron chi connectivity index (χ1n) is 10.9. The molecule has 174 valence electrons. The fourth-order valence-electron chi connectivity index (χ4n) is 2.66. The van der Waals surface area contributed by atoms with Crippen molar-refractivity contribution in [1.82, 2.24) is 0 Å². The van der Waals surface area contributed by atoms with Crippen LogP contribution in [0.1, 0.15) is 90.9 Å². The normalized spacial score (nSPS) is 15.6. The molecular formula is C20H40O8P-. The van der Waals surface area contributed by atoms with Gasteiger partial charge in [-0.15, -0.1) is 0 Å². The van der Waals surface area contributed by atoms with Crippen molar-refractivity contribution in [3.8, 4) is 0 Å². The highest BCUT2D eigenvalue weighted by Gasteiger charge is 2.15. The van der Waals surface area contributed by atoms with Crippen LogP contribution in [0.15, 0.2) is 0 Å². The zero-order chi connectivity index (χ0) is 22.0. The van der Waals surface area contributed by atoms with E-state index < -0.39 is 39.2 Å². The summed E-state index contributed by atoms with van der Waals surface area (Å²) in [5.41, 5.74) is 0. The number of carbonyl (C=O) groups is 1. The van der Waals surface area contributed by atoms with Crippen LogP contribution in [0.3, 0.4) is 0 Å². The third-order valence-corrected chi connectivity index (χ3v) is 5.25. The second-order valence-corrected chi connectivity index (χ2v) is 8.92. The van der Waals surface area contributed by atoms with Gasteiger partial charge in [-0.25, -0.2) is 0 Å². The largest absolute Gasteiger partial charge is 0.756 e. The van der Waals surface area contributed by atoms with Crippen molar-refractivity contribution >= 4 is 13.8 Å². The molecule has 0 aromatic rings. The number of esters is 1. The monoisotopic (exact) mass is 439 g/mol. The number of carbonyl (C=O) groups excluding carboxylic acids is 1. The summed E-state index contributed by atoms with van der Waals surface area (Å²) in [7, 11) is -4.60. The quantitative estimate of drug-likeness (QED) is 0.168. The molecule has 0 spiro atoms. The molecule has 0 saturated carbocycles. The summed E-state index contributed by atoms with van der Waals surface area (Å²) in [4.78, 5) is 23.0. The van der Waals surface area contributed by atoms with Crippen molar-refractivity contribution in [1.29, 1.82) is 0 Å². The van der Waals surface area contributed by atoms with Crippen LogP contribution in [0.25, 0.3) is 0 Å². The Labute approximate surface area is 175 Å². The molecule has 0 bridgehead atoms. The minimum atomic E-state index is -4.60. The fraction of sp³-hybridized carbons (Fsp3) is 0.950. The lowest BCUT2D eigenvalue weighted by Gasteiger charge is -2.24. The molecule has 8 nitrogen and oxygen atoms in total. The standard InChI is InChI=1S/C20H41O8P/c1-3-4-5-6-7-8-9-10-11-12-13-14-20(23)26-16-19(22)17-28-29(24,25)27-15-18(2)21/h18-19,21-22H,3-17H2,1-2H3,(H,24,25)/p-1/t18?,19-/m1/s1. The average molecular weight is 440 g/mol. The average Bonchev–Trinajstić information content (AvgIpc) is 2.67. The maximum atomic E-state index is 11.6. The van der Waals surface area contributed by atoms with Crippen LogP contribution in [-0.2, 0) is 23.1 Å². The van der Waals surface area contributed by atoms with E-state index in [1.54, 1.807) is 0 Å². The summed E-state index contributed by atoms with van der Waals surface area (Å²) >= 11 is 0. The Hall–Kier alpha value is -0.500. The van der Waals surface area contributed by atoms with Crippen LogP contribution < -0.4 is 4.89 Å². The van der Waals surface area contributed by atoms with E-state index in [1.165, 1.54) is 58.3 Å². The predicted octanol–water partition coefficient (Wildman–Crippen LogP) is 3.47. The van der Waals surface area contributed by atoms with Gasteiger partial charge in [0.1, 0.15) is 12.7 Å². The molecule has 2 unspecified atom stereocenters. The van der Waals surface area contributed by atoms with Gasteiger partial charge in [0.05, 0.1) is 19.3 Å². The molecule has 29 heavy (non-hydrogen) atoms. The van der Waals surface area contributed by atoms with Crippen LogP contribution in [0.2, 0.25) is 0 Å². The third kappa shape index (κ3) is 20.5. The van der Waals surface area contributed by atoms with Gasteiger partial charge < -0.3 is 28.9 Å². The van der Waals surface area contributed by atoms with Crippen molar-refractivity contribution in [3.05, 3.63) is 0 Å². The highest BCUT2D eigenvalue weighted by Crippen LogP contribution is 2.38. The lowest BCUT2D eigenvalue weighted by atomic mass is 10.1. The lowest BCUT2D eigenvalue weighted by Crippen LogP contribution is -2.25. The number of phosphoric acid groups is 1. The molecule has 0 heterocycles. The van der Waals surface area contributed by atoms with E-state index in [1.807, 2.05) is 0 Å². The van der Waals surface area contributed by atoms with E-state index in [2.05, 4.69) is 16.0 Å². The van der Waals surface area contributed by atoms with Gasteiger partial charge in [0.15, 0.2) is 0 Å². The second-order valence-electron chi connectivity index (χ2n) is 7.51. The summed E-state index contributed by atoms with van der Waals surface area (Å²) in [6.07, 6.45) is 11.2. The van der Waals surface area contributed by atoms with Crippen LogP contribution in [0.5, 0.6) is 0 Å². The van der Waals surface area contributed by atoms with Gasteiger partial charge in [-0.3, -0.25) is 9.36 Å². The van der Waals surface area contributed by atoms with E-state index in [0.29, 0.717) is 0 Å². The summed E-state index contributed by atoms with van der Waals surface area (Å²) in [5.74, 6) is -0.421.